The van der Waals surface area contributed by atoms with E-state index in [-0.39, 0.29) is 21.8 Å². The summed E-state index contributed by atoms with van der Waals surface area (Å²) < 4.78 is 50.1. The lowest BCUT2D eigenvalue weighted by Gasteiger charge is -2.20. The Balaban J connectivity index is 2.21. The van der Waals surface area contributed by atoms with E-state index in [2.05, 4.69) is 4.72 Å². The highest BCUT2D eigenvalue weighted by Gasteiger charge is 2.38. The van der Waals surface area contributed by atoms with E-state index in [0.29, 0.717) is 0 Å². The minimum atomic E-state index is -3.79. The summed E-state index contributed by atoms with van der Waals surface area (Å²) in [7, 11) is -7.07. The molecule has 0 radical (unpaired) electrons. The Labute approximate surface area is 137 Å². The predicted molar refractivity (Wildman–Crippen MR) is 87.5 cm³/mol. The third-order valence-corrected chi connectivity index (χ3v) is 7.50. The van der Waals surface area contributed by atoms with Crippen molar-refractivity contribution in [1.82, 2.24) is 4.72 Å². The Morgan fingerprint density at radius 2 is 1.68 bits per heavy atom. The number of sulfonamides is 1. The summed E-state index contributed by atoms with van der Waals surface area (Å²) >= 11 is 5.94. The molecule has 1 N–H and O–H groups in total. The Morgan fingerprint density at radius 3 is 2.09 bits per heavy atom. The van der Waals surface area contributed by atoms with Crippen LogP contribution >= 0.6 is 11.6 Å². The second kappa shape index (κ2) is 5.78. The third kappa shape index (κ3) is 4.01. The summed E-state index contributed by atoms with van der Waals surface area (Å²) in [5, 5.41) is -0.742. The van der Waals surface area contributed by atoms with Crippen LogP contribution in [0.25, 0.3) is 0 Å². The van der Waals surface area contributed by atoms with Crippen LogP contribution in [0.5, 0.6) is 0 Å². The maximum Gasteiger partial charge on any atom is 0.240 e. The van der Waals surface area contributed by atoms with Gasteiger partial charge in [-0.15, -0.1) is 11.6 Å². The summed E-state index contributed by atoms with van der Waals surface area (Å²) in [5.41, 5.74) is 0.946. The number of benzene rings is 1. The van der Waals surface area contributed by atoms with Crippen molar-refractivity contribution >= 4 is 31.5 Å². The van der Waals surface area contributed by atoms with E-state index in [0.717, 1.165) is 5.56 Å². The van der Waals surface area contributed by atoms with Gasteiger partial charge in [-0.2, -0.15) is 0 Å². The molecule has 0 bridgehead atoms. The molecule has 0 saturated carbocycles. The monoisotopic (exact) mass is 365 g/mol. The van der Waals surface area contributed by atoms with Crippen LogP contribution < -0.4 is 4.72 Å². The van der Waals surface area contributed by atoms with Crippen molar-refractivity contribution in [3.05, 3.63) is 29.8 Å². The zero-order chi connectivity index (χ0) is 16.8. The summed E-state index contributed by atoms with van der Waals surface area (Å²) in [6, 6.07) is 5.78. The summed E-state index contributed by atoms with van der Waals surface area (Å²) in [4.78, 5) is 0.105. The first-order valence-corrected chi connectivity index (χ1v) is 10.6. The minimum Gasteiger partial charge on any atom is -0.229 e. The van der Waals surface area contributed by atoms with Crippen molar-refractivity contribution in [2.45, 2.75) is 42.5 Å². The van der Waals surface area contributed by atoms with Crippen LogP contribution in [-0.4, -0.2) is 39.8 Å². The van der Waals surface area contributed by atoms with Crippen LogP contribution in [0.15, 0.2) is 29.2 Å². The van der Waals surface area contributed by atoms with E-state index in [1.165, 1.54) is 12.1 Å². The molecule has 0 unspecified atom stereocenters. The van der Waals surface area contributed by atoms with Crippen molar-refractivity contribution in [1.29, 1.82) is 0 Å². The van der Waals surface area contributed by atoms with Crippen LogP contribution in [0.4, 0.5) is 0 Å². The number of hydrogen-bond donors (Lipinski definition) is 1. The molecule has 1 fully saturated rings. The molecule has 1 aliphatic rings. The van der Waals surface area contributed by atoms with E-state index in [1.807, 2.05) is 20.8 Å². The van der Waals surface area contributed by atoms with Crippen molar-refractivity contribution in [3.63, 3.8) is 0 Å². The van der Waals surface area contributed by atoms with Crippen LogP contribution in [0.2, 0.25) is 0 Å². The molecule has 1 saturated heterocycles. The topological polar surface area (TPSA) is 80.3 Å². The SMILES string of the molecule is CC(C)(C)c1ccc(S(=O)(=O)N[C@@H]2CS(=O)(=O)C[C@H]2Cl)cc1. The smallest absolute Gasteiger partial charge is 0.229 e. The molecule has 0 spiro atoms. The van der Waals surface area contributed by atoms with E-state index in [4.69, 9.17) is 11.6 Å². The molecule has 124 valence electrons. The number of sulfone groups is 1. The lowest BCUT2D eigenvalue weighted by molar-refractivity contribution is 0.562. The lowest BCUT2D eigenvalue weighted by Crippen LogP contribution is -2.40. The van der Waals surface area contributed by atoms with Gasteiger partial charge in [-0.1, -0.05) is 32.9 Å². The van der Waals surface area contributed by atoms with Gasteiger partial charge in [0.15, 0.2) is 9.84 Å². The maximum atomic E-state index is 12.3. The first-order valence-electron chi connectivity index (χ1n) is 6.88. The van der Waals surface area contributed by atoms with Gasteiger partial charge in [-0.25, -0.2) is 21.6 Å². The molecule has 22 heavy (non-hydrogen) atoms. The first kappa shape index (κ1) is 17.7. The standard InChI is InChI=1S/C14H20ClNO4S2/c1-14(2,3)10-4-6-11(7-5-10)22(19,20)16-13-9-21(17,18)8-12(13)15/h4-7,12-13,16H,8-9H2,1-3H3/t12-,13-/m1/s1. The highest BCUT2D eigenvalue weighted by atomic mass is 35.5. The number of nitrogens with one attached hydrogen (secondary N) is 1. The van der Waals surface area contributed by atoms with Gasteiger partial charge in [-0.05, 0) is 23.1 Å². The van der Waals surface area contributed by atoms with Crippen molar-refractivity contribution in [3.8, 4) is 0 Å². The van der Waals surface area contributed by atoms with Crippen LogP contribution in [0.1, 0.15) is 26.3 Å². The van der Waals surface area contributed by atoms with Gasteiger partial charge in [0.05, 0.1) is 27.8 Å². The number of rotatable bonds is 3. The highest BCUT2D eigenvalue weighted by molar-refractivity contribution is 7.92. The largest absolute Gasteiger partial charge is 0.240 e. The fraction of sp³-hybridized carbons (Fsp3) is 0.571. The Bertz CT molecular complexity index is 749. The molecule has 0 aliphatic carbocycles. The van der Waals surface area contributed by atoms with Crippen molar-refractivity contribution in [2.24, 2.45) is 0 Å². The van der Waals surface area contributed by atoms with Crippen molar-refractivity contribution < 1.29 is 16.8 Å². The van der Waals surface area contributed by atoms with Gasteiger partial charge < -0.3 is 0 Å². The van der Waals surface area contributed by atoms with E-state index in [9.17, 15) is 16.8 Å². The summed E-state index contributed by atoms with van der Waals surface area (Å²) in [6.45, 7) is 6.11. The second-order valence-corrected chi connectivity index (χ2v) is 11.0. The minimum absolute atomic E-state index is 0.0729. The molecule has 1 aromatic rings. The zero-order valence-electron chi connectivity index (χ0n) is 12.7. The third-order valence-electron chi connectivity index (χ3n) is 3.62. The van der Waals surface area contributed by atoms with Gasteiger partial charge in [0, 0.05) is 0 Å². The second-order valence-electron chi connectivity index (χ2n) is 6.60. The fourth-order valence-corrected chi connectivity index (χ4v) is 6.32. The molecule has 1 aromatic carbocycles. The van der Waals surface area contributed by atoms with Gasteiger partial charge in [-0.3, -0.25) is 0 Å². The predicted octanol–water partition coefficient (Wildman–Crippen LogP) is 1.67. The number of hydrogen-bond acceptors (Lipinski definition) is 4. The molecule has 2 rings (SSSR count). The normalized spacial score (nSPS) is 25.3. The van der Waals surface area contributed by atoms with Gasteiger partial charge in [0.2, 0.25) is 10.0 Å². The highest BCUT2D eigenvalue weighted by Crippen LogP contribution is 2.24. The number of alkyl halides is 1. The van der Waals surface area contributed by atoms with Gasteiger partial charge in [0.1, 0.15) is 0 Å². The Hall–Kier alpha value is -0.630. The molecule has 0 amide bonds. The molecule has 5 nitrogen and oxygen atoms in total. The van der Waals surface area contributed by atoms with E-state index in [1.54, 1.807) is 12.1 Å². The Morgan fingerprint density at radius 1 is 1.14 bits per heavy atom. The molecular weight excluding hydrogens is 346 g/mol. The average molecular weight is 366 g/mol. The molecule has 1 heterocycles. The fourth-order valence-electron chi connectivity index (χ4n) is 2.31. The summed E-state index contributed by atoms with van der Waals surface area (Å²) in [6.07, 6.45) is 0. The molecule has 1 aliphatic heterocycles. The van der Waals surface area contributed by atoms with Crippen molar-refractivity contribution in [2.75, 3.05) is 11.5 Å². The van der Waals surface area contributed by atoms with Gasteiger partial charge in [0.25, 0.3) is 0 Å². The quantitative estimate of drug-likeness (QED) is 0.826. The van der Waals surface area contributed by atoms with Crippen LogP contribution in [0, 0.1) is 0 Å². The van der Waals surface area contributed by atoms with Crippen LogP contribution in [-0.2, 0) is 25.3 Å². The summed E-state index contributed by atoms with van der Waals surface area (Å²) in [5.74, 6) is -0.467. The van der Waals surface area contributed by atoms with Crippen LogP contribution in [0.3, 0.4) is 0 Å². The molecule has 2 atom stereocenters. The zero-order valence-corrected chi connectivity index (χ0v) is 15.1. The molecular formula is C14H20ClNO4S2. The maximum absolute atomic E-state index is 12.3. The van der Waals surface area contributed by atoms with E-state index >= 15 is 0 Å². The molecule has 8 heteroatoms. The Kier molecular flexibility index (Phi) is 4.65. The van der Waals surface area contributed by atoms with Gasteiger partial charge >= 0.3 is 0 Å². The lowest BCUT2D eigenvalue weighted by atomic mass is 9.87. The first-order chi connectivity index (χ1) is 9.91. The number of halogens is 1. The average Bonchev–Trinajstić information content (AvgIpc) is 2.60. The van der Waals surface area contributed by atoms with E-state index < -0.39 is 31.3 Å². The molecule has 0 aromatic heterocycles.